The van der Waals surface area contributed by atoms with E-state index in [-0.39, 0.29) is 17.3 Å². The Morgan fingerprint density at radius 2 is 1.72 bits per heavy atom. The summed E-state index contributed by atoms with van der Waals surface area (Å²) in [7, 11) is 0. The van der Waals surface area contributed by atoms with Crippen LogP contribution in [-0.4, -0.2) is 34.8 Å². The third kappa shape index (κ3) is 3.83. The Balaban J connectivity index is 1.77. The first-order valence-electron chi connectivity index (χ1n) is 8.26. The molecular formula is C19H18N4O2. The quantitative estimate of drug-likeness (QED) is 0.935. The van der Waals surface area contributed by atoms with E-state index >= 15 is 0 Å². The molecule has 25 heavy (non-hydrogen) atoms. The highest BCUT2D eigenvalue weighted by molar-refractivity contribution is 6.04. The van der Waals surface area contributed by atoms with E-state index in [1.54, 1.807) is 47.4 Å². The molecule has 1 aliphatic heterocycles. The fourth-order valence-electron chi connectivity index (χ4n) is 2.82. The molecule has 1 aromatic heterocycles. The highest BCUT2D eigenvalue weighted by Gasteiger charge is 2.20. The molecule has 2 heterocycles. The maximum atomic E-state index is 12.5. The van der Waals surface area contributed by atoms with E-state index in [0.29, 0.717) is 11.3 Å². The highest BCUT2D eigenvalue weighted by atomic mass is 16.2. The van der Waals surface area contributed by atoms with E-state index < -0.39 is 5.91 Å². The van der Waals surface area contributed by atoms with Gasteiger partial charge in [0.2, 0.25) is 0 Å². The molecule has 0 radical (unpaired) electrons. The molecule has 1 saturated heterocycles. The zero-order valence-electron chi connectivity index (χ0n) is 13.7. The molecular weight excluding hydrogens is 316 g/mol. The second-order valence-corrected chi connectivity index (χ2v) is 5.87. The summed E-state index contributed by atoms with van der Waals surface area (Å²) in [5, 5.41) is 11.8. The summed E-state index contributed by atoms with van der Waals surface area (Å²) in [6, 6.07) is 13.6. The third-order valence-corrected chi connectivity index (χ3v) is 4.14. The summed E-state index contributed by atoms with van der Waals surface area (Å²) in [6.45, 7) is 1.46. The molecule has 1 fully saturated rings. The van der Waals surface area contributed by atoms with Crippen molar-refractivity contribution in [3.63, 3.8) is 0 Å². The molecule has 2 amide bonds. The van der Waals surface area contributed by atoms with E-state index in [1.165, 1.54) is 0 Å². The smallest absolute Gasteiger partial charge is 0.274 e. The van der Waals surface area contributed by atoms with Crippen LogP contribution >= 0.6 is 0 Å². The third-order valence-electron chi connectivity index (χ3n) is 4.14. The van der Waals surface area contributed by atoms with Crippen LogP contribution in [0.1, 0.15) is 45.8 Å². The van der Waals surface area contributed by atoms with Gasteiger partial charge in [-0.1, -0.05) is 18.2 Å². The number of anilines is 1. The van der Waals surface area contributed by atoms with Gasteiger partial charge in [0.15, 0.2) is 0 Å². The van der Waals surface area contributed by atoms with Crippen LogP contribution in [0.3, 0.4) is 0 Å². The minimum absolute atomic E-state index is 0.147. The molecule has 3 rings (SSSR count). The van der Waals surface area contributed by atoms with Gasteiger partial charge in [-0.3, -0.25) is 9.59 Å². The van der Waals surface area contributed by atoms with Crippen molar-refractivity contribution in [3.05, 3.63) is 59.4 Å². The monoisotopic (exact) mass is 334 g/mol. The number of piperidine rings is 1. The molecule has 2 aromatic rings. The van der Waals surface area contributed by atoms with E-state index in [4.69, 9.17) is 5.26 Å². The van der Waals surface area contributed by atoms with Gasteiger partial charge in [0.05, 0.1) is 11.3 Å². The SMILES string of the molecule is N#Cc1ccccc1NC(=O)c1cccc(C(=O)N2CCCCC2)n1. The number of nitrogens with one attached hydrogen (secondary N) is 1. The molecule has 6 nitrogen and oxygen atoms in total. The first kappa shape index (κ1) is 16.7. The zero-order chi connectivity index (χ0) is 17.6. The molecule has 0 saturated carbocycles. The van der Waals surface area contributed by atoms with E-state index in [0.717, 1.165) is 32.4 Å². The lowest BCUT2D eigenvalue weighted by molar-refractivity contribution is 0.0718. The average Bonchev–Trinajstić information content (AvgIpc) is 2.68. The maximum Gasteiger partial charge on any atom is 0.274 e. The number of aromatic nitrogens is 1. The minimum Gasteiger partial charge on any atom is -0.337 e. The Labute approximate surface area is 146 Å². The molecule has 0 bridgehead atoms. The summed E-state index contributed by atoms with van der Waals surface area (Å²) in [4.78, 5) is 30.9. The molecule has 1 N–H and O–H groups in total. The maximum absolute atomic E-state index is 12.5. The van der Waals surface area contributed by atoms with Crippen LogP contribution in [-0.2, 0) is 0 Å². The Hall–Kier alpha value is -3.20. The number of carbonyl (C=O) groups excluding carboxylic acids is 2. The number of hydrogen-bond acceptors (Lipinski definition) is 4. The van der Waals surface area contributed by atoms with Gasteiger partial charge < -0.3 is 10.2 Å². The first-order chi connectivity index (χ1) is 12.2. The lowest BCUT2D eigenvalue weighted by Gasteiger charge is -2.26. The van der Waals surface area contributed by atoms with Crippen molar-refractivity contribution in [1.82, 2.24) is 9.88 Å². The van der Waals surface area contributed by atoms with Gasteiger partial charge >= 0.3 is 0 Å². The van der Waals surface area contributed by atoms with Crippen molar-refractivity contribution in [1.29, 1.82) is 5.26 Å². The fourth-order valence-corrected chi connectivity index (χ4v) is 2.82. The standard InChI is InChI=1S/C19H18N4O2/c20-13-14-7-2-3-8-15(14)22-18(24)16-9-6-10-17(21-16)19(25)23-11-4-1-5-12-23/h2-3,6-10H,1,4-5,11-12H2,(H,22,24). The van der Waals surface area contributed by atoms with Crippen molar-refractivity contribution in [2.24, 2.45) is 0 Å². The van der Waals surface area contributed by atoms with Gasteiger partial charge in [-0.05, 0) is 43.5 Å². The van der Waals surface area contributed by atoms with Gasteiger partial charge in [0.25, 0.3) is 11.8 Å². The number of amides is 2. The van der Waals surface area contributed by atoms with Gasteiger partial charge in [0, 0.05) is 13.1 Å². The summed E-state index contributed by atoms with van der Waals surface area (Å²) in [6.07, 6.45) is 3.13. The van der Waals surface area contributed by atoms with Crippen molar-refractivity contribution in [2.75, 3.05) is 18.4 Å². The molecule has 0 spiro atoms. The van der Waals surface area contributed by atoms with Gasteiger partial charge in [-0.2, -0.15) is 5.26 Å². The van der Waals surface area contributed by atoms with Crippen molar-refractivity contribution < 1.29 is 9.59 Å². The number of nitriles is 1. The van der Waals surface area contributed by atoms with E-state index in [1.807, 2.05) is 6.07 Å². The number of nitrogens with zero attached hydrogens (tertiary/aromatic N) is 3. The Morgan fingerprint density at radius 3 is 2.48 bits per heavy atom. The van der Waals surface area contributed by atoms with Crippen LogP contribution in [0, 0.1) is 11.3 Å². The molecule has 1 aromatic carbocycles. The predicted octanol–water partition coefficient (Wildman–Crippen LogP) is 2.83. The van der Waals surface area contributed by atoms with Crippen LogP contribution in [0.25, 0.3) is 0 Å². The molecule has 0 unspecified atom stereocenters. The number of carbonyl (C=O) groups is 2. The lowest BCUT2D eigenvalue weighted by Crippen LogP contribution is -2.36. The second-order valence-electron chi connectivity index (χ2n) is 5.87. The van der Waals surface area contributed by atoms with E-state index in [9.17, 15) is 9.59 Å². The van der Waals surface area contributed by atoms with Crippen LogP contribution in [0.4, 0.5) is 5.69 Å². The topological polar surface area (TPSA) is 86.1 Å². The van der Waals surface area contributed by atoms with Gasteiger partial charge in [-0.15, -0.1) is 0 Å². The van der Waals surface area contributed by atoms with E-state index in [2.05, 4.69) is 10.3 Å². The van der Waals surface area contributed by atoms with Crippen LogP contribution < -0.4 is 5.32 Å². The molecule has 126 valence electrons. The highest BCUT2D eigenvalue weighted by Crippen LogP contribution is 2.16. The summed E-state index contributed by atoms with van der Waals surface area (Å²) >= 11 is 0. The van der Waals surface area contributed by atoms with Crippen LogP contribution in [0.5, 0.6) is 0 Å². The first-order valence-corrected chi connectivity index (χ1v) is 8.26. The molecule has 6 heteroatoms. The largest absolute Gasteiger partial charge is 0.337 e. The van der Waals surface area contributed by atoms with Crippen molar-refractivity contribution >= 4 is 17.5 Å². The Morgan fingerprint density at radius 1 is 1.00 bits per heavy atom. The number of hydrogen-bond donors (Lipinski definition) is 1. The minimum atomic E-state index is -0.448. The zero-order valence-corrected chi connectivity index (χ0v) is 13.7. The number of pyridine rings is 1. The van der Waals surface area contributed by atoms with Crippen LogP contribution in [0.2, 0.25) is 0 Å². The predicted molar refractivity (Wildman–Crippen MR) is 93.1 cm³/mol. The number of benzene rings is 1. The molecule has 1 aliphatic rings. The molecule has 0 aliphatic carbocycles. The van der Waals surface area contributed by atoms with Crippen LogP contribution in [0.15, 0.2) is 42.5 Å². The summed E-state index contributed by atoms with van der Waals surface area (Å²) < 4.78 is 0. The van der Waals surface area contributed by atoms with Crippen molar-refractivity contribution in [2.45, 2.75) is 19.3 Å². The lowest BCUT2D eigenvalue weighted by atomic mass is 10.1. The average molecular weight is 334 g/mol. The Kier molecular flexibility index (Phi) is 5.05. The number of likely N-dealkylation sites (tertiary alicyclic amines) is 1. The van der Waals surface area contributed by atoms with Crippen molar-refractivity contribution in [3.8, 4) is 6.07 Å². The molecule has 0 atom stereocenters. The Bertz CT molecular complexity index is 835. The fraction of sp³-hybridized carbons (Fsp3) is 0.263. The van der Waals surface area contributed by atoms with Gasteiger partial charge in [0.1, 0.15) is 17.5 Å². The van der Waals surface area contributed by atoms with Gasteiger partial charge in [-0.25, -0.2) is 4.98 Å². The number of rotatable bonds is 3. The number of para-hydroxylation sites is 1. The normalized spacial score (nSPS) is 13.8. The summed E-state index contributed by atoms with van der Waals surface area (Å²) in [5.41, 5.74) is 1.21. The second kappa shape index (κ2) is 7.58. The summed E-state index contributed by atoms with van der Waals surface area (Å²) in [5.74, 6) is -0.595.